The molecule has 1 N–H and O–H groups in total. The number of benzene rings is 1. The molecule has 1 fully saturated rings. The summed E-state index contributed by atoms with van der Waals surface area (Å²) in [5, 5.41) is 3.47. The van der Waals surface area contributed by atoms with Gasteiger partial charge in [-0.25, -0.2) is 4.39 Å². The van der Waals surface area contributed by atoms with Crippen LogP contribution in [-0.4, -0.2) is 44.5 Å². The summed E-state index contributed by atoms with van der Waals surface area (Å²) in [6.07, 6.45) is 2.63. The van der Waals surface area contributed by atoms with E-state index in [-0.39, 0.29) is 17.8 Å². The predicted molar refractivity (Wildman–Crippen MR) is 87.6 cm³/mol. The molecule has 1 aliphatic heterocycles. The summed E-state index contributed by atoms with van der Waals surface area (Å²) < 4.78 is 13.4. The van der Waals surface area contributed by atoms with Crippen LogP contribution in [-0.2, 0) is 4.79 Å². The number of carbonyl (C=O) groups excluding carboxylic acids is 1. The van der Waals surface area contributed by atoms with E-state index in [2.05, 4.69) is 12.2 Å². The predicted octanol–water partition coefficient (Wildman–Crippen LogP) is 2.55. The highest BCUT2D eigenvalue weighted by atomic mass is 19.1. The van der Waals surface area contributed by atoms with Gasteiger partial charge < -0.3 is 15.1 Å². The fourth-order valence-corrected chi connectivity index (χ4v) is 2.91. The lowest BCUT2D eigenvalue weighted by Crippen LogP contribution is -2.29. The minimum absolute atomic E-state index is 0.146. The SMILES string of the molecule is C[C@@H](NCCCN1CCCC1=O)c1ccc(F)cc1N(C)C. The Morgan fingerprint density at radius 1 is 1.41 bits per heavy atom. The second kappa shape index (κ2) is 7.58. The number of halogens is 1. The topological polar surface area (TPSA) is 35.6 Å². The Morgan fingerprint density at radius 3 is 2.82 bits per heavy atom. The van der Waals surface area contributed by atoms with Gasteiger partial charge in [0.15, 0.2) is 0 Å². The first-order valence-corrected chi connectivity index (χ1v) is 7.97. The minimum Gasteiger partial charge on any atom is -0.377 e. The molecular formula is C17H26FN3O. The Kier molecular flexibility index (Phi) is 5.77. The average Bonchev–Trinajstić information content (AvgIpc) is 2.88. The lowest BCUT2D eigenvalue weighted by Gasteiger charge is -2.23. The largest absolute Gasteiger partial charge is 0.377 e. The molecule has 0 aromatic heterocycles. The highest BCUT2D eigenvalue weighted by Crippen LogP contribution is 2.26. The van der Waals surface area contributed by atoms with E-state index < -0.39 is 0 Å². The monoisotopic (exact) mass is 307 g/mol. The van der Waals surface area contributed by atoms with Crippen molar-refractivity contribution in [1.29, 1.82) is 0 Å². The Morgan fingerprint density at radius 2 is 2.18 bits per heavy atom. The number of hydrogen-bond donors (Lipinski definition) is 1. The van der Waals surface area contributed by atoms with Crippen molar-refractivity contribution in [2.24, 2.45) is 0 Å². The quantitative estimate of drug-likeness (QED) is 0.786. The summed E-state index contributed by atoms with van der Waals surface area (Å²) in [4.78, 5) is 15.4. The van der Waals surface area contributed by atoms with E-state index >= 15 is 0 Å². The summed E-state index contributed by atoms with van der Waals surface area (Å²) in [5.41, 5.74) is 1.98. The minimum atomic E-state index is -0.216. The Labute approximate surface area is 132 Å². The molecule has 22 heavy (non-hydrogen) atoms. The fraction of sp³-hybridized carbons (Fsp3) is 0.588. The number of nitrogens with zero attached hydrogens (tertiary/aromatic N) is 2. The highest BCUT2D eigenvalue weighted by Gasteiger charge is 2.19. The van der Waals surface area contributed by atoms with Gasteiger partial charge in [-0.1, -0.05) is 6.07 Å². The van der Waals surface area contributed by atoms with Crippen molar-refractivity contribution in [3.05, 3.63) is 29.6 Å². The third kappa shape index (κ3) is 4.19. The lowest BCUT2D eigenvalue weighted by atomic mass is 10.1. The maximum atomic E-state index is 13.4. The number of carbonyl (C=O) groups is 1. The van der Waals surface area contributed by atoms with E-state index in [0.717, 1.165) is 43.7 Å². The molecule has 0 spiro atoms. The van der Waals surface area contributed by atoms with Crippen molar-refractivity contribution >= 4 is 11.6 Å². The van der Waals surface area contributed by atoms with Crippen molar-refractivity contribution in [3.8, 4) is 0 Å². The molecule has 1 saturated heterocycles. The van der Waals surface area contributed by atoms with Gasteiger partial charge in [0.1, 0.15) is 5.82 Å². The molecule has 0 aliphatic carbocycles. The van der Waals surface area contributed by atoms with E-state index in [9.17, 15) is 9.18 Å². The van der Waals surface area contributed by atoms with E-state index in [1.807, 2.05) is 30.0 Å². The molecule has 1 aliphatic rings. The molecule has 0 radical (unpaired) electrons. The third-order valence-electron chi connectivity index (χ3n) is 4.17. The summed E-state index contributed by atoms with van der Waals surface area (Å²) in [6, 6.07) is 5.05. The Hall–Kier alpha value is -1.62. The third-order valence-corrected chi connectivity index (χ3v) is 4.17. The Balaban J connectivity index is 1.84. The van der Waals surface area contributed by atoms with Crippen LogP contribution in [0.25, 0.3) is 0 Å². The molecule has 2 rings (SSSR count). The summed E-state index contributed by atoms with van der Waals surface area (Å²) in [5.74, 6) is 0.0636. The molecule has 122 valence electrons. The van der Waals surface area contributed by atoms with E-state index in [1.165, 1.54) is 6.07 Å². The number of amides is 1. The normalized spacial score (nSPS) is 16.2. The maximum absolute atomic E-state index is 13.4. The second-order valence-corrected chi connectivity index (χ2v) is 6.11. The molecule has 5 heteroatoms. The summed E-state index contributed by atoms with van der Waals surface area (Å²) >= 11 is 0. The zero-order valence-electron chi connectivity index (χ0n) is 13.7. The number of likely N-dealkylation sites (tertiary alicyclic amines) is 1. The van der Waals surface area contributed by atoms with E-state index in [0.29, 0.717) is 6.42 Å². The number of rotatable bonds is 7. The molecule has 0 saturated carbocycles. The molecule has 1 atom stereocenters. The molecule has 0 bridgehead atoms. The van der Waals surface area contributed by atoms with Gasteiger partial charge in [-0.2, -0.15) is 0 Å². The van der Waals surface area contributed by atoms with Crippen LogP contribution >= 0.6 is 0 Å². The van der Waals surface area contributed by atoms with Crippen LogP contribution in [0.4, 0.5) is 10.1 Å². The zero-order chi connectivity index (χ0) is 16.1. The summed E-state index contributed by atoms with van der Waals surface area (Å²) in [6.45, 7) is 4.65. The van der Waals surface area contributed by atoms with Gasteiger partial charge in [-0.15, -0.1) is 0 Å². The van der Waals surface area contributed by atoms with Gasteiger partial charge in [-0.3, -0.25) is 4.79 Å². The van der Waals surface area contributed by atoms with Crippen molar-refractivity contribution in [1.82, 2.24) is 10.2 Å². The van der Waals surface area contributed by atoms with E-state index in [4.69, 9.17) is 0 Å². The highest BCUT2D eigenvalue weighted by molar-refractivity contribution is 5.77. The maximum Gasteiger partial charge on any atom is 0.222 e. The van der Waals surface area contributed by atoms with Crippen LogP contribution < -0.4 is 10.2 Å². The molecule has 0 unspecified atom stereocenters. The molecule has 4 nitrogen and oxygen atoms in total. The van der Waals surface area contributed by atoms with Gasteiger partial charge in [0, 0.05) is 45.3 Å². The molecule has 1 aromatic rings. The van der Waals surface area contributed by atoms with Gasteiger partial charge >= 0.3 is 0 Å². The van der Waals surface area contributed by atoms with Crippen molar-refractivity contribution in [2.45, 2.75) is 32.2 Å². The van der Waals surface area contributed by atoms with Gasteiger partial charge in [0.2, 0.25) is 5.91 Å². The molecule has 1 amide bonds. The number of hydrogen-bond acceptors (Lipinski definition) is 3. The standard InChI is InChI=1S/C17H26FN3O/c1-13(15-8-7-14(18)12-16(15)20(2)3)19-9-5-11-21-10-4-6-17(21)22/h7-8,12-13,19H,4-6,9-11H2,1-3H3/t13-/m1/s1. The fourth-order valence-electron chi connectivity index (χ4n) is 2.91. The van der Waals surface area contributed by atoms with Crippen LogP contribution in [0, 0.1) is 5.82 Å². The smallest absolute Gasteiger partial charge is 0.222 e. The van der Waals surface area contributed by atoms with Crippen LogP contribution in [0.3, 0.4) is 0 Å². The average molecular weight is 307 g/mol. The van der Waals surface area contributed by atoms with Crippen molar-refractivity contribution < 1.29 is 9.18 Å². The van der Waals surface area contributed by atoms with Crippen LogP contribution in [0.1, 0.15) is 37.8 Å². The number of nitrogens with one attached hydrogen (secondary N) is 1. The molecule has 1 heterocycles. The first-order valence-electron chi connectivity index (χ1n) is 7.97. The van der Waals surface area contributed by atoms with Crippen LogP contribution in [0.15, 0.2) is 18.2 Å². The van der Waals surface area contributed by atoms with Gasteiger partial charge in [-0.05, 0) is 44.0 Å². The second-order valence-electron chi connectivity index (χ2n) is 6.11. The van der Waals surface area contributed by atoms with Gasteiger partial charge in [0.25, 0.3) is 0 Å². The lowest BCUT2D eigenvalue weighted by molar-refractivity contribution is -0.127. The van der Waals surface area contributed by atoms with E-state index in [1.54, 1.807) is 6.07 Å². The van der Waals surface area contributed by atoms with Crippen molar-refractivity contribution in [3.63, 3.8) is 0 Å². The van der Waals surface area contributed by atoms with Crippen LogP contribution in [0.2, 0.25) is 0 Å². The summed E-state index contributed by atoms with van der Waals surface area (Å²) in [7, 11) is 3.84. The first kappa shape index (κ1) is 16.7. The van der Waals surface area contributed by atoms with Gasteiger partial charge in [0.05, 0.1) is 0 Å². The molecule has 1 aromatic carbocycles. The zero-order valence-corrected chi connectivity index (χ0v) is 13.7. The van der Waals surface area contributed by atoms with Crippen LogP contribution in [0.5, 0.6) is 0 Å². The van der Waals surface area contributed by atoms with Crippen molar-refractivity contribution in [2.75, 3.05) is 38.6 Å². The first-order chi connectivity index (χ1) is 10.5. The Bertz CT molecular complexity index is 519. The molecular weight excluding hydrogens is 281 g/mol. The number of anilines is 1.